The van der Waals surface area contributed by atoms with Crippen molar-refractivity contribution in [2.24, 2.45) is 13.0 Å². The van der Waals surface area contributed by atoms with Crippen molar-refractivity contribution >= 4 is 23.2 Å². The minimum absolute atomic E-state index is 0.128. The Morgan fingerprint density at radius 2 is 2.00 bits per heavy atom. The number of hydrogen-bond donors (Lipinski definition) is 1. The normalized spacial score (nSPS) is 15.6. The van der Waals surface area contributed by atoms with E-state index in [0.717, 1.165) is 24.6 Å². The molecule has 0 bridgehead atoms. The van der Waals surface area contributed by atoms with Gasteiger partial charge in [-0.3, -0.25) is 4.79 Å². The molecule has 1 aromatic carbocycles. The molecule has 0 spiro atoms. The van der Waals surface area contributed by atoms with Crippen molar-refractivity contribution in [1.82, 2.24) is 14.9 Å². The third-order valence-electron chi connectivity index (χ3n) is 4.75. The predicted octanol–water partition coefficient (Wildman–Crippen LogP) is 3.80. The van der Waals surface area contributed by atoms with Gasteiger partial charge in [-0.15, -0.1) is 0 Å². The predicted molar refractivity (Wildman–Crippen MR) is 101 cm³/mol. The number of aromatic nitrogens is 2. The maximum Gasteiger partial charge on any atom is 0.251 e. The molecule has 0 radical (unpaired) electrons. The number of nitrogens with one attached hydrogen (secondary N) is 1. The summed E-state index contributed by atoms with van der Waals surface area (Å²) >= 11 is 6.44. The fraction of sp³-hybridized carbons (Fsp3) is 0.474. The lowest BCUT2D eigenvalue weighted by molar-refractivity contribution is 0.0922. The molecule has 25 heavy (non-hydrogen) atoms. The number of imidazole rings is 1. The van der Waals surface area contributed by atoms with E-state index in [1.807, 2.05) is 29.9 Å². The smallest absolute Gasteiger partial charge is 0.251 e. The summed E-state index contributed by atoms with van der Waals surface area (Å²) in [6.07, 6.45) is 6.02. The molecule has 0 unspecified atom stereocenters. The molecule has 3 rings (SSSR count). The highest BCUT2D eigenvalue weighted by atomic mass is 35.5. The first kappa shape index (κ1) is 17.8. The number of hydrogen-bond acceptors (Lipinski definition) is 3. The van der Waals surface area contributed by atoms with Crippen LogP contribution in [-0.2, 0) is 7.05 Å². The molecule has 0 aliphatic carbocycles. The van der Waals surface area contributed by atoms with Crippen molar-refractivity contribution < 1.29 is 4.79 Å². The Balaban J connectivity index is 1.78. The number of carbonyl (C=O) groups excluding carboxylic acids is 1. The molecule has 1 N–H and O–H groups in total. The molecule has 1 aliphatic heterocycles. The lowest BCUT2D eigenvalue weighted by Crippen LogP contribution is -2.33. The minimum Gasteiger partial charge on any atom is -0.370 e. The summed E-state index contributed by atoms with van der Waals surface area (Å²) in [5.74, 6) is 0.948. The monoisotopic (exact) mass is 360 g/mol. The van der Waals surface area contributed by atoms with Crippen LogP contribution in [-0.4, -0.2) is 28.5 Å². The van der Waals surface area contributed by atoms with Crippen LogP contribution >= 0.6 is 11.6 Å². The van der Waals surface area contributed by atoms with Gasteiger partial charge in [0.05, 0.1) is 16.8 Å². The topological polar surface area (TPSA) is 50.2 Å². The Bertz CT molecular complexity index is 750. The van der Waals surface area contributed by atoms with E-state index < -0.39 is 0 Å². The van der Waals surface area contributed by atoms with Crippen LogP contribution in [0.5, 0.6) is 0 Å². The largest absolute Gasteiger partial charge is 0.370 e. The number of aryl methyl sites for hydroxylation is 1. The molecule has 134 valence electrons. The van der Waals surface area contributed by atoms with E-state index in [0.29, 0.717) is 10.6 Å². The average Bonchev–Trinajstić information content (AvgIpc) is 3.23. The van der Waals surface area contributed by atoms with Crippen LogP contribution in [0.1, 0.15) is 48.9 Å². The second-order valence-corrected chi connectivity index (χ2v) is 7.36. The van der Waals surface area contributed by atoms with E-state index in [1.54, 1.807) is 12.3 Å². The summed E-state index contributed by atoms with van der Waals surface area (Å²) in [4.78, 5) is 19.4. The van der Waals surface area contributed by atoms with Crippen LogP contribution in [0, 0.1) is 5.92 Å². The van der Waals surface area contributed by atoms with Crippen LogP contribution in [0.15, 0.2) is 30.6 Å². The number of rotatable bonds is 5. The Morgan fingerprint density at radius 3 is 2.56 bits per heavy atom. The molecular weight excluding hydrogens is 336 g/mol. The molecule has 5 nitrogen and oxygen atoms in total. The second-order valence-electron chi connectivity index (χ2n) is 6.95. The van der Waals surface area contributed by atoms with Crippen molar-refractivity contribution in [1.29, 1.82) is 0 Å². The van der Waals surface area contributed by atoms with Crippen molar-refractivity contribution in [2.45, 2.75) is 32.7 Å². The summed E-state index contributed by atoms with van der Waals surface area (Å²) in [6, 6.07) is 5.42. The molecule has 1 saturated heterocycles. The van der Waals surface area contributed by atoms with Crippen molar-refractivity contribution in [3.05, 3.63) is 47.0 Å². The first-order valence-electron chi connectivity index (χ1n) is 8.80. The zero-order chi connectivity index (χ0) is 18.0. The number of carbonyl (C=O) groups is 1. The zero-order valence-electron chi connectivity index (χ0n) is 15.0. The van der Waals surface area contributed by atoms with Gasteiger partial charge in [-0.1, -0.05) is 25.4 Å². The van der Waals surface area contributed by atoms with Gasteiger partial charge < -0.3 is 14.8 Å². The van der Waals surface area contributed by atoms with Crippen molar-refractivity contribution in [2.75, 3.05) is 18.0 Å². The van der Waals surface area contributed by atoms with Gasteiger partial charge >= 0.3 is 0 Å². The lowest BCUT2D eigenvalue weighted by Gasteiger charge is -2.23. The highest BCUT2D eigenvalue weighted by molar-refractivity contribution is 6.33. The number of benzene rings is 1. The number of nitrogens with zero attached hydrogens (tertiary/aromatic N) is 3. The van der Waals surface area contributed by atoms with Crippen LogP contribution in [0.25, 0.3) is 0 Å². The highest BCUT2D eigenvalue weighted by Gasteiger charge is 2.23. The lowest BCUT2D eigenvalue weighted by atomic mass is 10.0. The van der Waals surface area contributed by atoms with Crippen LogP contribution in [0.2, 0.25) is 5.02 Å². The summed E-state index contributed by atoms with van der Waals surface area (Å²) in [7, 11) is 1.94. The van der Waals surface area contributed by atoms with Crippen LogP contribution < -0.4 is 10.2 Å². The van der Waals surface area contributed by atoms with E-state index in [9.17, 15) is 4.79 Å². The van der Waals surface area contributed by atoms with Crippen molar-refractivity contribution in [3.8, 4) is 0 Å². The molecular formula is C19H25ClN4O. The van der Waals surface area contributed by atoms with Gasteiger partial charge in [0.2, 0.25) is 0 Å². The van der Waals surface area contributed by atoms with E-state index in [1.165, 1.54) is 12.8 Å². The molecule has 2 heterocycles. The third-order valence-corrected chi connectivity index (χ3v) is 5.05. The molecule has 6 heteroatoms. The van der Waals surface area contributed by atoms with E-state index in [-0.39, 0.29) is 17.9 Å². The fourth-order valence-corrected chi connectivity index (χ4v) is 3.59. The summed E-state index contributed by atoms with van der Waals surface area (Å²) in [6.45, 7) is 6.20. The van der Waals surface area contributed by atoms with E-state index in [4.69, 9.17) is 11.6 Å². The Morgan fingerprint density at radius 1 is 1.28 bits per heavy atom. The average molecular weight is 361 g/mol. The molecule has 1 aliphatic rings. The first-order valence-corrected chi connectivity index (χ1v) is 9.17. The molecule has 1 amide bonds. The van der Waals surface area contributed by atoms with Gasteiger partial charge in [-0.2, -0.15) is 0 Å². The van der Waals surface area contributed by atoms with Gasteiger partial charge in [0, 0.05) is 38.1 Å². The van der Waals surface area contributed by atoms with Crippen molar-refractivity contribution in [3.63, 3.8) is 0 Å². The second kappa shape index (κ2) is 7.48. The van der Waals surface area contributed by atoms with E-state index >= 15 is 0 Å². The number of anilines is 1. The van der Waals surface area contributed by atoms with E-state index in [2.05, 4.69) is 29.0 Å². The van der Waals surface area contributed by atoms with Gasteiger partial charge in [-0.05, 0) is 37.0 Å². The Hall–Kier alpha value is -2.01. The Kier molecular flexibility index (Phi) is 5.33. The first-order chi connectivity index (χ1) is 12.0. The quantitative estimate of drug-likeness (QED) is 0.882. The maximum atomic E-state index is 12.7. The molecule has 0 saturated carbocycles. The highest BCUT2D eigenvalue weighted by Crippen LogP contribution is 2.30. The molecule has 1 atom stereocenters. The van der Waals surface area contributed by atoms with Gasteiger partial charge in [0.25, 0.3) is 5.91 Å². The fourth-order valence-electron chi connectivity index (χ4n) is 3.29. The third kappa shape index (κ3) is 3.82. The molecule has 1 fully saturated rings. The number of halogens is 1. The maximum absolute atomic E-state index is 12.7. The number of amides is 1. The van der Waals surface area contributed by atoms with Gasteiger partial charge in [0.15, 0.2) is 0 Å². The zero-order valence-corrected chi connectivity index (χ0v) is 15.8. The SMILES string of the molecule is CC(C)[C@H](NC(=O)c1ccc(N2CCCC2)c(Cl)c1)c1nccn1C. The van der Waals surface area contributed by atoms with Gasteiger partial charge in [-0.25, -0.2) is 4.98 Å². The minimum atomic E-state index is -0.149. The van der Waals surface area contributed by atoms with Gasteiger partial charge in [0.1, 0.15) is 5.82 Å². The summed E-state index contributed by atoms with van der Waals surface area (Å²) in [5.41, 5.74) is 1.59. The summed E-state index contributed by atoms with van der Waals surface area (Å²) in [5, 5.41) is 3.73. The standard InChI is InChI=1S/C19H25ClN4O/c1-13(2)17(18-21-8-11-23(18)3)22-19(25)14-6-7-16(15(20)12-14)24-9-4-5-10-24/h6-8,11-13,17H,4-5,9-10H2,1-3H3,(H,22,25)/t17-/m0/s1. The van der Waals surface area contributed by atoms with Crippen LogP contribution in [0.4, 0.5) is 5.69 Å². The molecule has 1 aromatic heterocycles. The summed E-state index contributed by atoms with van der Waals surface area (Å²) < 4.78 is 1.94. The van der Waals surface area contributed by atoms with Crippen LogP contribution in [0.3, 0.4) is 0 Å². The Labute approximate surface area is 154 Å². The molecule has 2 aromatic rings.